The molecule has 2 heterocycles. The Balaban J connectivity index is 1.12. The summed E-state index contributed by atoms with van der Waals surface area (Å²) in [7, 11) is 0. The number of ether oxygens (including phenoxy) is 1. The fourth-order valence-electron chi connectivity index (χ4n) is 5.86. The van der Waals surface area contributed by atoms with Crippen LogP contribution in [0.5, 0.6) is 0 Å². The summed E-state index contributed by atoms with van der Waals surface area (Å²) in [5.41, 5.74) is 3.57. The van der Waals surface area contributed by atoms with Crippen LogP contribution in [0.3, 0.4) is 0 Å². The summed E-state index contributed by atoms with van der Waals surface area (Å²) < 4.78 is 33.4. The number of carbonyl (C=O) groups is 1. The zero-order valence-electron chi connectivity index (χ0n) is 22.1. The van der Waals surface area contributed by atoms with E-state index in [1.165, 1.54) is 23.1 Å². The van der Waals surface area contributed by atoms with Crippen molar-refractivity contribution in [2.24, 2.45) is 0 Å². The summed E-state index contributed by atoms with van der Waals surface area (Å²) in [6.07, 6.45) is 1.95. The molecule has 0 bridgehead atoms. The molecule has 0 radical (unpaired) electrons. The number of hydrogen-bond acceptors (Lipinski definition) is 3. The van der Waals surface area contributed by atoms with Gasteiger partial charge in [-0.15, -0.1) is 0 Å². The lowest BCUT2D eigenvalue weighted by molar-refractivity contribution is -1.01. The van der Waals surface area contributed by atoms with Gasteiger partial charge in [-0.3, -0.25) is 0 Å². The van der Waals surface area contributed by atoms with Crippen molar-refractivity contribution >= 4 is 23.3 Å². The van der Waals surface area contributed by atoms with E-state index < -0.39 is 0 Å². The third-order valence-electron chi connectivity index (χ3n) is 8.08. The Kier molecular flexibility index (Phi) is 9.12. The Morgan fingerprint density at radius 3 is 2.36 bits per heavy atom. The van der Waals surface area contributed by atoms with E-state index in [0.29, 0.717) is 17.2 Å². The quantitative estimate of drug-likeness (QED) is 0.420. The van der Waals surface area contributed by atoms with Crippen LogP contribution in [0.25, 0.3) is 0 Å². The molecule has 1 saturated heterocycles. The second-order valence-corrected chi connectivity index (χ2v) is 11.0. The van der Waals surface area contributed by atoms with E-state index in [1.807, 2.05) is 18.2 Å². The molecular weight excluding hydrogens is 520 g/mol. The van der Waals surface area contributed by atoms with E-state index in [4.69, 9.17) is 16.3 Å². The lowest BCUT2D eigenvalue weighted by Crippen LogP contribution is -3.28. The molecule has 0 amide bonds. The van der Waals surface area contributed by atoms with Crippen LogP contribution in [0.2, 0.25) is 5.02 Å². The number of nitrogens with one attached hydrogen (secondary N) is 2. The van der Waals surface area contributed by atoms with Crippen molar-refractivity contribution < 1.29 is 28.1 Å². The minimum Gasteiger partial charge on any atom is -0.456 e. The van der Waals surface area contributed by atoms with Crippen molar-refractivity contribution in [1.29, 1.82) is 0 Å². The van der Waals surface area contributed by atoms with E-state index in [9.17, 15) is 13.6 Å². The zero-order chi connectivity index (χ0) is 27.2. The molecule has 8 heteroatoms. The molecule has 3 aromatic rings. The maximum absolute atomic E-state index is 14.4. The number of carbonyl (C=O) groups excluding carboxylic acids is 1. The molecule has 2 N–H and O–H groups in total. The van der Waals surface area contributed by atoms with Crippen molar-refractivity contribution in [2.75, 3.05) is 63.9 Å². The summed E-state index contributed by atoms with van der Waals surface area (Å²) in [4.78, 5) is 17.6. The summed E-state index contributed by atoms with van der Waals surface area (Å²) in [6, 6.07) is 18.8. The Morgan fingerprint density at radius 2 is 1.62 bits per heavy atom. The number of fused-ring (bicyclic) bond motifs is 1. The number of quaternary nitrogens is 2. The van der Waals surface area contributed by atoms with Gasteiger partial charge in [-0.1, -0.05) is 41.9 Å². The van der Waals surface area contributed by atoms with Crippen LogP contribution in [0.4, 0.5) is 14.5 Å². The number of piperazine rings is 1. The first kappa shape index (κ1) is 27.6. The zero-order valence-corrected chi connectivity index (χ0v) is 22.9. The fraction of sp³-hybridized carbons (Fsp3) is 0.387. The number of nitrogens with zero attached hydrogens (tertiary/aromatic N) is 1. The molecule has 2 aliphatic rings. The highest BCUT2D eigenvalue weighted by atomic mass is 35.5. The molecule has 39 heavy (non-hydrogen) atoms. The maximum atomic E-state index is 14.4. The maximum Gasteiger partial charge on any atom is 0.339 e. The molecule has 1 fully saturated rings. The van der Waals surface area contributed by atoms with E-state index >= 15 is 0 Å². The van der Waals surface area contributed by atoms with Gasteiger partial charge in [-0.05, 0) is 60.4 Å². The largest absolute Gasteiger partial charge is 0.456 e. The standard InChI is InChI=1S/C31H34ClF2N3O2/c32-29-6-2-1-4-28(29)31(38)39-21-20-36-16-14-35(15-17-36)18-19-37-13-3-5-26(23-7-9-24(33)10-8-23)27-12-11-25(34)22-30(27)37/h1-2,4,6-12,22,26H,3,5,13-21H2/p+2/t26-/m1/s1. The first-order chi connectivity index (χ1) is 19.0. The number of rotatable bonds is 8. The van der Waals surface area contributed by atoms with Crippen molar-refractivity contribution in [1.82, 2.24) is 0 Å². The third-order valence-corrected chi connectivity index (χ3v) is 8.41. The van der Waals surface area contributed by atoms with Crippen LogP contribution < -0.4 is 14.7 Å². The Morgan fingerprint density at radius 1 is 0.923 bits per heavy atom. The first-order valence-corrected chi connectivity index (χ1v) is 14.2. The van der Waals surface area contributed by atoms with Gasteiger partial charge in [0.1, 0.15) is 51.0 Å². The number of anilines is 1. The smallest absolute Gasteiger partial charge is 0.339 e. The van der Waals surface area contributed by atoms with Gasteiger partial charge < -0.3 is 19.4 Å². The van der Waals surface area contributed by atoms with Gasteiger partial charge in [-0.2, -0.15) is 0 Å². The van der Waals surface area contributed by atoms with Gasteiger partial charge in [-0.25, -0.2) is 13.6 Å². The van der Waals surface area contributed by atoms with Gasteiger partial charge in [0, 0.05) is 18.2 Å². The molecular formula is C31H36ClF2N3O2+2. The van der Waals surface area contributed by atoms with Crippen molar-refractivity contribution in [3.63, 3.8) is 0 Å². The number of hydrogen-bond donors (Lipinski definition) is 2. The Hall–Kier alpha value is -3.00. The van der Waals surface area contributed by atoms with Crippen molar-refractivity contribution in [2.45, 2.75) is 18.8 Å². The van der Waals surface area contributed by atoms with Gasteiger partial charge in [0.25, 0.3) is 0 Å². The summed E-state index contributed by atoms with van der Waals surface area (Å²) in [5, 5.41) is 0.410. The monoisotopic (exact) mass is 555 g/mol. The SMILES string of the molecule is O=C(OCC[NH+]1CC[NH+](CCN2CCC[C@H](c3ccc(F)cc3)c3ccc(F)cc32)CC1)c1ccccc1Cl. The molecule has 2 aliphatic heterocycles. The molecule has 5 nitrogen and oxygen atoms in total. The van der Waals surface area contributed by atoms with Crippen LogP contribution in [-0.2, 0) is 4.74 Å². The highest BCUT2D eigenvalue weighted by Gasteiger charge is 2.27. The normalized spacial score (nSPS) is 21.2. The topological polar surface area (TPSA) is 38.4 Å². The number of esters is 1. The van der Waals surface area contributed by atoms with E-state index in [-0.39, 0.29) is 23.5 Å². The molecule has 0 spiro atoms. The van der Waals surface area contributed by atoms with Crippen LogP contribution in [0.15, 0.2) is 66.7 Å². The van der Waals surface area contributed by atoms with Gasteiger partial charge in [0.2, 0.25) is 0 Å². The van der Waals surface area contributed by atoms with Crippen LogP contribution in [0.1, 0.15) is 40.2 Å². The highest BCUT2D eigenvalue weighted by molar-refractivity contribution is 6.33. The minimum atomic E-state index is -0.375. The molecule has 0 aliphatic carbocycles. The molecule has 206 valence electrons. The number of benzene rings is 3. The van der Waals surface area contributed by atoms with Crippen LogP contribution in [0, 0.1) is 11.6 Å². The molecule has 3 aromatic carbocycles. The van der Waals surface area contributed by atoms with Crippen LogP contribution in [-0.4, -0.2) is 64.9 Å². The highest BCUT2D eigenvalue weighted by Crippen LogP contribution is 2.38. The Bertz CT molecular complexity index is 1260. The summed E-state index contributed by atoms with van der Waals surface area (Å²) in [5.74, 6) is -0.701. The predicted octanol–water partition coefficient (Wildman–Crippen LogP) is 2.99. The van der Waals surface area contributed by atoms with Gasteiger partial charge in [0.15, 0.2) is 0 Å². The summed E-state index contributed by atoms with van der Waals surface area (Å²) >= 11 is 6.09. The molecule has 0 unspecified atom stereocenters. The lowest BCUT2D eigenvalue weighted by atomic mass is 9.87. The van der Waals surface area contributed by atoms with Crippen molar-refractivity contribution in [3.05, 3.63) is 100 Å². The summed E-state index contributed by atoms with van der Waals surface area (Å²) in [6.45, 7) is 8.06. The van der Waals surface area contributed by atoms with Crippen molar-refractivity contribution in [3.8, 4) is 0 Å². The van der Waals surface area contributed by atoms with E-state index in [0.717, 1.165) is 82.0 Å². The predicted molar refractivity (Wildman–Crippen MR) is 149 cm³/mol. The van der Waals surface area contributed by atoms with Gasteiger partial charge in [0.05, 0.1) is 23.7 Å². The van der Waals surface area contributed by atoms with Crippen LogP contribution >= 0.6 is 11.6 Å². The Labute approximate surface area is 233 Å². The van der Waals surface area contributed by atoms with E-state index in [1.54, 1.807) is 35.2 Å². The third kappa shape index (κ3) is 6.96. The second-order valence-electron chi connectivity index (χ2n) is 10.6. The average molecular weight is 556 g/mol. The number of halogens is 3. The van der Waals surface area contributed by atoms with Gasteiger partial charge >= 0.3 is 5.97 Å². The first-order valence-electron chi connectivity index (χ1n) is 13.9. The molecule has 1 atom stereocenters. The second kappa shape index (κ2) is 12.9. The molecule has 0 aromatic heterocycles. The van der Waals surface area contributed by atoms with E-state index in [2.05, 4.69) is 4.90 Å². The lowest BCUT2D eigenvalue weighted by Gasteiger charge is -2.32. The fourth-order valence-corrected chi connectivity index (χ4v) is 6.08. The molecule has 0 saturated carbocycles. The molecule has 5 rings (SSSR count). The minimum absolute atomic E-state index is 0.137. The average Bonchev–Trinajstić information content (AvgIpc) is 3.12.